The first-order valence-corrected chi connectivity index (χ1v) is 14.6. The van der Waals surface area contributed by atoms with Crippen molar-refractivity contribution in [1.29, 1.82) is 0 Å². The summed E-state index contributed by atoms with van der Waals surface area (Å²) in [6.45, 7) is 0.253. The van der Waals surface area contributed by atoms with Crippen molar-refractivity contribution in [2.75, 3.05) is 31.3 Å². The fraction of sp³-hybridized carbons (Fsp3) is 0.692. The number of benzene rings is 1. The molecule has 1 aromatic carbocycles. The quantitative estimate of drug-likeness (QED) is 0.141. The molecule has 200 valence electrons. The molecule has 0 radical (unpaired) electrons. The second-order valence-corrected chi connectivity index (χ2v) is 11.0. The van der Waals surface area contributed by atoms with E-state index in [1.165, 1.54) is 71.3 Å². The Morgan fingerprint density at radius 2 is 1.23 bits per heavy atom. The number of unbranched alkanes of at least 4 members (excludes halogenated alkanes) is 13. The summed E-state index contributed by atoms with van der Waals surface area (Å²) in [6, 6.07) is 6.87. The molecule has 35 heavy (non-hydrogen) atoms. The summed E-state index contributed by atoms with van der Waals surface area (Å²) in [5.41, 5.74) is 1.27. The van der Waals surface area contributed by atoms with Crippen LogP contribution < -0.4 is 10.0 Å². The van der Waals surface area contributed by atoms with Gasteiger partial charge in [-0.3, -0.25) is 0 Å². The molecule has 8 nitrogen and oxygen atoms in total. The summed E-state index contributed by atoms with van der Waals surface area (Å²) in [5.74, 6) is -1.56. The Morgan fingerprint density at radius 1 is 0.771 bits per heavy atom. The van der Waals surface area contributed by atoms with Crippen LogP contribution in [0.2, 0.25) is 0 Å². The van der Waals surface area contributed by atoms with Crippen molar-refractivity contribution in [2.45, 2.75) is 89.9 Å². The molecule has 0 aliphatic carbocycles. The predicted octanol–water partition coefficient (Wildman–Crippen LogP) is 5.35. The van der Waals surface area contributed by atoms with Crippen LogP contribution in [0.5, 0.6) is 0 Å². The number of sulfonamides is 1. The van der Waals surface area contributed by atoms with Gasteiger partial charge in [0.25, 0.3) is 0 Å². The molecule has 0 bridgehead atoms. The number of esters is 1. The van der Waals surface area contributed by atoms with Crippen molar-refractivity contribution in [3.63, 3.8) is 0 Å². The second kappa shape index (κ2) is 19.1. The minimum absolute atomic E-state index is 0.242. The topological polar surface area (TPSA) is 122 Å². The molecule has 3 N–H and O–H groups in total. The van der Waals surface area contributed by atoms with Crippen LogP contribution in [0.25, 0.3) is 0 Å². The van der Waals surface area contributed by atoms with E-state index in [4.69, 9.17) is 5.11 Å². The normalized spacial score (nSPS) is 11.3. The maximum absolute atomic E-state index is 11.7. The Morgan fingerprint density at radius 3 is 1.69 bits per heavy atom. The Labute approximate surface area is 211 Å². The predicted molar refractivity (Wildman–Crippen MR) is 140 cm³/mol. The average molecular weight is 513 g/mol. The van der Waals surface area contributed by atoms with Gasteiger partial charge >= 0.3 is 11.9 Å². The van der Waals surface area contributed by atoms with E-state index in [2.05, 4.69) is 14.8 Å². The highest BCUT2D eigenvalue weighted by molar-refractivity contribution is 7.89. The van der Waals surface area contributed by atoms with Gasteiger partial charge in [0.05, 0.1) is 11.3 Å². The van der Waals surface area contributed by atoms with E-state index >= 15 is 0 Å². The van der Waals surface area contributed by atoms with Gasteiger partial charge in [0.15, 0.2) is 6.61 Å². The highest BCUT2D eigenvalue weighted by atomic mass is 32.2. The van der Waals surface area contributed by atoms with Crippen molar-refractivity contribution in [2.24, 2.45) is 0 Å². The average Bonchev–Trinajstić information content (AvgIpc) is 2.84. The van der Waals surface area contributed by atoms with Crippen molar-refractivity contribution in [1.82, 2.24) is 4.72 Å². The van der Waals surface area contributed by atoms with Gasteiger partial charge in [-0.05, 0) is 44.2 Å². The van der Waals surface area contributed by atoms with Gasteiger partial charge in [-0.25, -0.2) is 22.7 Å². The van der Waals surface area contributed by atoms with Crippen molar-refractivity contribution < 1.29 is 27.9 Å². The third-order valence-corrected chi connectivity index (χ3v) is 7.38. The number of hydrogen-bond donors (Lipinski definition) is 3. The fourth-order valence-corrected chi connectivity index (χ4v) is 4.60. The number of ether oxygens (including phenoxy) is 1. The molecule has 0 aliphatic heterocycles. The molecular formula is C26H44N2O6S. The molecule has 0 atom stereocenters. The lowest BCUT2D eigenvalue weighted by Crippen LogP contribution is -2.21. The minimum atomic E-state index is -3.04. The van der Waals surface area contributed by atoms with Gasteiger partial charge in [0, 0.05) is 12.2 Å². The smallest absolute Gasteiger partial charge is 0.341 e. The summed E-state index contributed by atoms with van der Waals surface area (Å²) in [7, 11) is -1.57. The molecule has 0 spiro atoms. The first kappa shape index (κ1) is 30.9. The lowest BCUT2D eigenvalue weighted by molar-refractivity contribution is -0.140. The van der Waals surface area contributed by atoms with Gasteiger partial charge in [0.2, 0.25) is 10.0 Å². The molecule has 0 unspecified atom stereocenters. The zero-order valence-corrected chi connectivity index (χ0v) is 22.0. The van der Waals surface area contributed by atoms with Crippen LogP contribution in [0.3, 0.4) is 0 Å². The van der Waals surface area contributed by atoms with Crippen LogP contribution in [0, 0.1) is 0 Å². The van der Waals surface area contributed by atoms with Gasteiger partial charge in [-0.2, -0.15) is 0 Å². The molecule has 0 aliphatic rings. The zero-order chi connectivity index (χ0) is 25.8. The summed E-state index contributed by atoms with van der Waals surface area (Å²) in [6.07, 6.45) is 16.7. The van der Waals surface area contributed by atoms with E-state index < -0.39 is 28.6 Å². The van der Waals surface area contributed by atoms with Crippen LogP contribution in [0.15, 0.2) is 24.3 Å². The van der Waals surface area contributed by atoms with E-state index in [9.17, 15) is 18.0 Å². The number of nitrogens with one attached hydrogen (secondary N) is 2. The number of carboxylic acid groups (broad SMARTS) is 1. The SMILES string of the molecule is CNS(=O)(=O)CCCCCCCCCCCCCCCCNc1ccc(C(=O)OCC(=O)O)cc1. The third kappa shape index (κ3) is 17.0. The van der Waals surface area contributed by atoms with Crippen LogP contribution >= 0.6 is 0 Å². The molecule has 0 heterocycles. The van der Waals surface area contributed by atoms with E-state index in [1.54, 1.807) is 24.3 Å². The highest BCUT2D eigenvalue weighted by Gasteiger charge is 2.09. The van der Waals surface area contributed by atoms with Gasteiger partial charge in [0.1, 0.15) is 0 Å². The molecule has 1 aromatic rings. The summed E-state index contributed by atoms with van der Waals surface area (Å²) in [5, 5.41) is 11.9. The molecular weight excluding hydrogens is 468 g/mol. The lowest BCUT2D eigenvalue weighted by Gasteiger charge is -2.08. The van der Waals surface area contributed by atoms with Crippen LogP contribution in [-0.2, 0) is 19.6 Å². The molecule has 0 aromatic heterocycles. The Bertz CT molecular complexity index is 812. The molecule has 9 heteroatoms. The second-order valence-electron chi connectivity index (χ2n) is 8.95. The number of hydrogen-bond acceptors (Lipinski definition) is 6. The molecule has 0 saturated carbocycles. The van der Waals surface area contributed by atoms with Gasteiger partial charge in [-0.15, -0.1) is 0 Å². The third-order valence-electron chi connectivity index (χ3n) is 5.93. The number of carbonyl (C=O) groups is 2. The van der Waals surface area contributed by atoms with E-state index in [0.717, 1.165) is 37.9 Å². The Hall–Kier alpha value is -2.13. The number of aliphatic carboxylic acids is 1. The summed E-state index contributed by atoms with van der Waals surface area (Å²) < 4.78 is 29.7. The fourth-order valence-electron chi connectivity index (χ4n) is 3.81. The van der Waals surface area contributed by atoms with E-state index in [1.807, 2.05) is 0 Å². The van der Waals surface area contributed by atoms with Crippen molar-refractivity contribution in [3.05, 3.63) is 29.8 Å². The summed E-state index contributed by atoms with van der Waals surface area (Å²) >= 11 is 0. The monoisotopic (exact) mass is 512 g/mol. The molecule has 0 saturated heterocycles. The first-order valence-electron chi connectivity index (χ1n) is 13.0. The number of anilines is 1. The number of carboxylic acids is 1. The van der Waals surface area contributed by atoms with Crippen molar-refractivity contribution >= 4 is 27.6 Å². The summed E-state index contributed by atoms with van der Waals surface area (Å²) in [4.78, 5) is 22.1. The number of carbonyl (C=O) groups excluding carboxylic acids is 1. The lowest BCUT2D eigenvalue weighted by atomic mass is 10.0. The van der Waals surface area contributed by atoms with E-state index in [0.29, 0.717) is 5.56 Å². The maximum Gasteiger partial charge on any atom is 0.341 e. The first-order chi connectivity index (χ1) is 16.8. The van der Waals surface area contributed by atoms with Gasteiger partial charge in [-0.1, -0.05) is 77.0 Å². The van der Waals surface area contributed by atoms with Crippen LogP contribution in [-0.4, -0.2) is 51.4 Å². The maximum atomic E-state index is 11.7. The zero-order valence-electron chi connectivity index (χ0n) is 21.2. The van der Waals surface area contributed by atoms with E-state index in [-0.39, 0.29) is 5.75 Å². The van der Waals surface area contributed by atoms with Crippen LogP contribution in [0.4, 0.5) is 5.69 Å². The molecule has 0 amide bonds. The highest BCUT2D eigenvalue weighted by Crippen LogP contribution is 2.14. The van der Waals surface area contributed by atoms with Crippen molar-refractivity contribution in [3.8, 4) is 0 Å². The van der Waals surface area contributed by atoms with Gasteiger partial charge < -0.3 is 15.2 Å². The standard InChI is InChI=1S/C26H44N2O6S/c1-27-35(32,33)21-15-13-11-9-7-5-3-2-4-6-8-10-12-14-20-28-24-18-16-23(17-19-24)26(31)34-22-25(29)30/h16-19,27-28H,2-15,20-22H2,1H3,(H,29,30). The largest absolute Gasteiger partial charge is 0.479 e. The minimum Gasteiger partial charge on any atom is -0.479 e. The number of rotatable bonds is 22. The Kier molecular flexibility index (Phi) is 16.9. The Balaban J connectivity index is 1.88. The van der Waals surface area contributed by atoms with Crippen LogP contribution in [0.1, 0.15) is 100 Å². The molecule has 1 rings (SSSR count). The molecule has 0 fully saturated rings.